The van der Waals surface area contributed by atoms with Crippen LogP contribution in [0.2, 0.25) is 0 Å². The number of nitro groups is 1. The fourth-order valence-electron chi connectivity index (χ4n) is 10.4. The van der Waals surface area contributed by atoms with Crippen LogP contribution in [0.4, 0.5) is 32.8 Å². The number of hydrogen-bond acceptors (Lipinski definition) is 12. The van der Waals surface area contributed by atoms with E-state index >= 15 is 0 Å². The lowest BCUT2D eigenvalue weighted by Crippen LogP contribution is -2.46. The Kier molecular flexibility index (Phi) is 17.4. The van der Waals surface area contributed by atoms with Gasteiger partial charge in [-0.3, -0.25) is 19.6 Å². The molecule has 0 spiro atoms. The van der Waals surface area contributed by atoms with Crippen molar-refractivity contribution in [1.29, 1.82) is 0 Å². The van der Waals surface area contributed by atoms with Crippen LogP contribution in [-0.2, 0) is 17.1 Å². The van der Waals surface area contributed by atoms with Crippen LogP contribution in [0.15, 0.2) is 131 Å². The number of carbonyl (C=O) groups is 1. The highest BCUT2D eigenvalue weighted by atomic mass is 32.2. The molecular formula is C57H69FN10O5S2. The Balaban J connectivity index is 0.845. The van der Waals surface area contributed by atoms with Gasteiger partial charge in [0.15, 0.2) is 0 Å². The number of anilines is 4. The van der Waals surface area contributed by atoms with Gasteiger partial charge in [0.2, 0.25) is 0 Å². The smallest absolute Gasteiger partial charge is 0.293 e. The van der Waals surface area contributed by atoms with Crippen molar-refractivity contribution in [3.63, 3.8) is 0 Å². The van der Waals surface area contributed by atoms with Crippen LogP contribution in [0.3, 0.4) is 0 Å². The van der Waals surface area contributed by atoms with Gasteiger partial charge in [0.25, 0.3) is 21.6 Å². The van der Waals surface area contributed by atoms with Crippen molar-refractivity contribution < 1.29 is 22.5 Å². The number of benzene rings is 5. The van der Waals surface area contributed by atoms with Gasteiger partial charge < -0.3 is 39.7 Å². The lowest BCUT2D eigenvalue weighted by atomic mass is 9.95. The molecule has 0 unspecified atom stereocenters. The van der Waals surface area contributed by atoms with Crippen molar-refractivity contribution in [2.75, 3.05) is 118 Å². The van der Waals surface area contributed by atoms with Gasteiger partial charge in [-0.25, -0.2) is 12.8 Å². The number of rotatable bonds is 21. The van der Waals surface area contributed by atoms with Crippen molar-refractivity contribution in [1.82, 2.24) is 24.6 Å². The van der Waals surface area contributed by atoms with Gasteiger partial charge in [0.1, 0.15) is 11.5 Å². The van der Waals surface area contributed by atoms with E-state index in [-0.39, 0.29) is 34.0 Å². The predicted octanol–water partition coefficient (Wildman–Crippen LogP) is 9.27. The molecule has 0 saturated carbocycles. The van der Waals surface area contributed by atoms with Gasteiger partial charge in [-0.05, 0) is 155 Å². The molecule has 1 amide bonds. The molecule has 1 atom stereocenters. The first-order chi connectivity index (χ1) is 36.3. The molecule has 75 heavy (non-hydrogen) atoms. The summed E-state index contributed by atoms with van der Waals surface area (Å²) in [4.78, 5) is 38.8. The van der Waals surface area contributed by atoms with Crippen LogP contribution in [-0.4, -0.2) is 142 Å². The summed E-state index contributed by atoms with van der Waals surface area (Å²) < 4.78 is 46.4. The molecule has 0 radical (unpaired) electrons. The minimum absolute atomic E-state index is 0.0859. The maximum atomic E-state index is 14.2. The summed E-state index contributed by atoms with van der Waals surface area (Å²) in [6.07, 6.45) is 3.99. The van der Waals surface area contributed by atoms with Crippen LogP contribution in [0.5, 0.6) is 0 Å². The van der Waals surface area contributed by atoms with Gasteiger partial charge in [-0.2, -0.15) is 0 Å². The normalized spacial score (nSPS) is 16.3. The van der Waals surface area contributed by atoms with Crippen molar-refractivity contribution in [2.45, 2.75) is 48.4 Å². The number of likely N-dealkylation sites (tertiary alicyclic amines) is 1. The van der Waals surface area contributed by atoms with E-state index in [4.69, 9.17) is 0 Å². The van der Waals surface area contributed by atoms with Crippen LogP contribution in [0.25, 0.3) is 22.4 Å². The molecule has 6 aromatic rings. The third-order valence-electron chi connectivity index (χ3n) is 14.9. The molecule has 9 rings (SSSR count). The summed E-state index contributed by atoms with van der Waals surface area (Å²) in [6, 6.07) is 35.9. The maximum absolute atomic E-state index is 14.2. The topological polar surface area (TPSA) is 152 Å². The molecule has 3 aliphatic rings. The number of sulfonamides is 1. The van der Waals surface area contributed by atoms with Crippen molar-refractivity contribution in [3.8, 4) is 22.4 Å². The standard InChI is InChI=1S/C57H69FN10O5S2/c1-42-54(57(69)59-26-10-29-65-33-31-62(2)32-34-65)55(56(63(42)3)43-15-17-45(58)18-16-43)44-11-9-12-49(39-44)67-37-35-66(36-38-67)48-21-19-46(20-22-48)61-75(72,73)51-23-24-52(53(40-51)68(70)71)60-47(25-30-64-27-7-8-28-64)41-74-50-13-5-4-6-14-50/h4-6,9,11-24,39-40,47,60-61H,7-8,10,25-38,41H2,1-3H3,(H,59,69)/t47-/m1/s1. The zero-order valence-corrected chi connectivity index (χ0v) is 44.9. The molecule has 0 aliphatic carbocycles. The first-order valence-electron chi connectivity index (χ1n) is 26.1. The van der Waals surface area contributed by atoms with Crippen molar-refractivity contribution >= 4 is 56.1 Å². The van der Waals surface area contributed by atoms with Crippen LogP contribution in [0, 0.1) is 22.9 Å². The Morgan fingerprint density at radius 2 is 1.43 bits per heavy atom. The second-order valence-corrected chi connectivity index (χ2v) is 22.7. The summed E-state index contributed by atoms with van der Waals surface area (Å²) in [6.45, 7) is 13.4. The Morgan fingerprint density at radius 1 is 0.747 bits per heavy atom. The Hall–Kier alpha value is -6.44. The van der Waals surface area contributed by atoms with E-state index in [1.807, 2.05) is 73.1 Å². The predicted molar refractivity (Wildman–Crippen MR) is 302 cm³/mol. The summed E-state index contributed by atoms with van der Waals surface area (Å²) in [5, 5.41) is 19.1. The summed E-state index contributed by atoms with van der Waals surface area (Å²) in [5.74, 6) is 0.233. The quantitative estimate of drug-likeness (QED) is 0.0273. The van der Waals surface area contributed by atoms with E-state index < -0.39 is 14.9 Å². The van der Waals surface area contributed by atoms with Gasteiger partial charge in [-0.15, -0.1) is 11.8 Å². The van der Waals surface area contributed by atoms with E-state index in [2.05, 4.69) is 59.0 Å². The van der Waals surface area contributed by atoms with E-state index in [0.29, 0.717) is 49.7 Å². The number of halogens is 1. The second kappa shape index (κ2) is 24.5. The minimum Gasteiger partial charge on any atom is -0.376 e. The summed E-state index contributed by atoms with van der Waals surface area (Å²) in [7, 11) is -0.0748. The number of amides is 1. The fraction of sp³-hybridized carbons (Fsp3) is 0.386. The van der Waals surface area contributed by atoms with Crippen LogP contribution < -0.4 is 25.2 Å². The molecule has 4 heterocycles. The van der Waals surface area contributed by atoms with E-state index in [1.165, 1.54) is 37.1 Å². The number of nitrogens with one attached hydrogen (secondary N) is 3. The van der Waals surface area contributed by atoms with Crippen LogP contribution in [0.1, 0.15) is 41.7 Å². The van der Waals surface area contributed by atoms with Crippen LogP contribution >= 0.6 is 11.8 Å². The molecular weight excluding hydrogens is 988 g/mol. The molecule has 18 heteroatoms. The second-order valence-electron chi connectivity index (χ2n) is 19.9. The Labute approximate surface area is 445 Å². The SMILES string of the molecule is Cc1c(C(=O)NCCCN2CCN(C)CC2)c(-c2cccc(N3CCN(c4ccc(NS(=O)(=O)c5ccc(N[C@H](CCN6CCCC6)CSc6ccccc6)c([N+](=O)[O-])c5)cc4)CC3)c2)c(-c2ccc(F)cc2)n1C. The zero-order valence-electron chi connectivity index (χ0n) is 43.2. The van der Waals surface area contributed by atoms with E-state index in [1.54, 1.807) is 36.0 Å². The number of thioether (sulfide) groups is 1. The average Bonchev–Trinajstić information content (AvgIpc) is 4.08. The molecule has 396 valence electrons. The molecule has 3 aliphatic heterocycles. The lowest BCUT2D eigenvalue weighted by Gasteiger charge is -2.37. The van der Waals surface area contributed by atoms with Crippen molar-refractivity contribution in [2.24, 2.45) is 7.05 Å². The third kappa shape index (κ3) is 13.3. The fourth-order valence-corrected chi connectivity index (χ4v) is 12.5. The van der Waals surface area contributed by atoms with Gasteiger partial charge in [0.05, 0.1) is 21.1 Å². The Morgan fingerprint density at radius 3 is 2.12 bits per heavy atom. The minimum atomic E-state index is -4.18. The number of aromatic nitrogens is 1. The van der Waals surface area contributed by atoms with Crippen molar-refractivity contribution in [3.05, 3.63) is 149 Å². The summed E-state index contributed by atoms with van der Waals surface area (Å²) in [5.41, 5.74) is 7.08. The highest BCUT2D eigenvalue weighted by Crippen LogP contribution is 2.40. The monoisotopic (exact) mass is 1060 g/mol. The molecule has 3 saturated heterocycles. The molecule has 5 aromatic carbocycles. The lowest BCUT2D eigenvalue weighted by molar-refractivity contribution is -0.384. The number of carbonyl (C=O) groups excluding carboxylic acids is 1. The first-order valence-corrected chi connectivity index (χ1v) is 28.6. The van der Waals surface area contributed by atoms with E-state index in [9.17, 15) is 27.7 Å². The van der Waals surface area contributed by atoms with Gasteiger partial charge >= 0.3 is 0 Å². The largest absolute Gasteiger partial charge is 0.376 e. The Bertz CT molecular complexity index is 3010. The molecule has 3 fully saturated rings. The average molecular weight is 1060 g/mol. The van der Waals surface area contributed by atoms with Gasteiger partial charge in [-0.1, -0.05) is 30.3 Å². The highest BCUT2D eigenvalue weighted by molar-refractivity contribution is 7.99. The number of hydrogen-bond donors (Lipinski definition) is 3. The maximum Gasteiger partial charge on any atom is 0.293 e. The number of nitrogens with zero attached hydrogens (tertiary/aromatic N) is 7. The zero-order chi connectivity index (χ0) is 52.5. The number of nitro benzene ring substituents is 1. The molecule has 1 aromatic heterocycles. The first kappa shape index (κ1) is 53.4. The third-order valence-corrected chi connectivity index (χ3v) is 17.4. The number of likely N-dealkylation sites (N-methyl/N-ethyl adjacent to an activating group) is 1. The number of piperazine rings is 2. The summed E-state index contributed by atoms with van der Waals surface area (Å²) >= 11 is 1.69. The van der Waals surface area contributed by atoms with Gasteiger partial charge in [0, 0.05) is 124 Å². The molecule has 3 N–H and O–H groups in total. The molecule has 0 bridgehead atoms. The molecule has 15 nitrogen and oxygen atoms in total. The van der Waals surface area contributed by atoms with E-state index in [0.717, 1.165) is 116 Å². The highest BCUT2D eigenvalue weighted by Gasteiger charge is 2.28.